The molecule has 0 aliphatic heterocycles. The Kier molecular flexibility index (Phi) is 4.52. The maximum atomic E-state index is 12.3. The van der Waals surface area contributed by atoms with E-state index in [-0.39, 0.29) is 5.91 Å². The summed E-state index contributed by atoms with van der Waals surface area (Å²) in [6.45, 7) is 4.58. The smallest absolute Gasteiger partial charge is 0.255 e. The first-order valence-electron chi connectivity index (χ1n) is 6.66. The molecule has 0 bridgehead atoms. The summed E-state index contributed by atoms with van der Waals surface area (Å²) in [7, 11) is 0. The predicted molar refractivity (Wildman–Crippen MR) is 82.2 cm³/mol. The lowest BCUT2D eigenvalue weighted by atomic mass is 10.1. The molecule has 2 aromatic rings. The summed E-state index contributed by atoms with van der Waals surface area (Å²) in [5.41, 5.74) is 2.57. The quantitative estimate of drug-likeness (QED) is 0.902. The first kappa shape index (κ1) is 14.5. The lowest BCUT2D eigenvalue weighted by Gasteiger charge is -2.09. The van der Waals surface area contributed by atoms with Crippen LogP contribution in [0.4, 0.5) is 11.5 Å². The number of pyridine rings is 1. The van der Waals surface area contributed by atoms with Crippen LogP contribution in [-0.4, -0.2) is 17.4 Å². The molecule has 1 aromatic heterocycles. The Morgan fingerprint density at radius 2 is 2.14 bits per heavy atom. The number of benzene rings is 1. The highest BCUT2D eigenvalue weighted by atomic mass is 16.1. The molecule has 2 N–H and O–H groups in total. The molecule has 0 spiro atoms. The van der Waals surface area contributed by atoms with E-state index in [0.717, 1.165) is 12.1 Å². The predicted octanol–water partition coefficient (Wildman–Crippen LogP) is 2.95. The third-order valence-electron chi connectivity index (χ3n) is 2.99. The third kappa shape index (κ3) is 3.57. The summed E-state index contributed by atoms with van der Waals surface area (Å²) >= 11 is 0. The highest BCUT2D eigenvalue weighted by Gasteiger charge is 2.09. The number of carbonyl (C=O) groups excluding carboxylic acids is 1. The fraction of sp³-hybridized carbons (Fsp3) is 0.188. The summed E-state index contributed by atoms with van der Waals surface area (Å²) in [5, 5.41) is 14.8. The van der Waals surface area contributed by atoms with Crippen LogP contribution >= 0.6 is 0 Å². The molecule has 0 aliphatic carbocycles. The molecule has 21 heavy (non-hydrogen) atoms. The van der Waals surface area contributed by atoms with E-state index >= 15 is 0 Å². The maximum absolute atomic E-state index is 12.3. The molecule has 5 heteroatoms. The normalized spacial score (nSPS) is 9.76. The van der Waals surface area contributed by atoms with Crippen LogP contribution in [0.15, 0.2) is 36.5 Å². The minimum Gasteiger partial charge on any atom is -0.370 e. The minimum absolute atomic E-state index is 0.227. The second kappa shape index (κ2) is 6.53. The van der Waals surface area contributed by atoms with Gasteiger partial charge in [0.05, 0.1) is 11.6 Å². The Labute approximate surface area is 123 Å². The average molecular weight is 280 g/mol. The lowest BCUT2D eigenvalue weighted by molar-refractivity contribution is 0.102. The van der Waals surface area contributed by atoms with Crippen molar-refractivity contribution in [2.24, 2.45) is 0 Å². The third-order valence-corrected chi connectivity index (χ3v) is 2.99. The van der Waals surface area contributed by atoms with Gasteiger partial charge in [-0.25, -0.2) is 4.98 Å². The van der Waals surface area contributed by atoms with E-state index in [2.05, 4.69) is 21.7 Å². The van der Waals surface area contributed by atoms with Gasteiger partial charge in [0, 0.05) is 24.0 Å². The zero-order chi connectivity index (χ0) is 15.2. The second-order valence-electron chi connectivity index (χ2n) is 4.56. The van der Waals surface area contributed by atoms with Crippen molar-refractivity contribution in [3.63, 3.8) is 0 Å². The van der Waals surface area contributed by atoms with Crippen LogP contribution in [0.5, 0.6) is 0 Å². The van der Waals surface area contributed by atoms with Crippen LogP contribution in [0, 0.1) is 18.3 Å². The monoisotopic (exact) mass is 280 g/mol. The van der Waals surface area contributed by atoms with Gasteiger partial charge in [0.25, 0.3) is 5.91 Å². The van der Waals surface area contributed by atoms with Crippen LogP contribution in [-0.2, 0) is 0 Å². The summed E-state index contributed by atoms with van der Waals surface area (Å²) < 4.78 is 0. The Morgan fingerprint density at radius 3 is 2.86 bits per heavy atom. The molecule has 0 saturated heterocycles. The first-order valence-corrected chi connectivity index (χ1v) is 6.66. The van der Waals surface area contributed by atoms with Crippen molar-refractivity contribution in [2.75, 3.05) is 17.2 Å². The van der Waals surface area contributed by atoms with Gasteiger partial charge in [0.1, 0.15) is 5.82 Å². The van der Waals surface area contributed by atoms with Crippen molar-refractivity contribution in [1.82, 2.24) is 4.98 Å². The highest BCUT2D eigenvalue weighted by Crippen LogP contribution is 2.18. The summed E-state index contributed by atoms with van der Waals surface area (Å²) in [6, 6.07) is 10.6. The summed E-state index contributed by atoms with van der Waals surface area (Å²) in [4.78, 5) is 16.4. The SMILES string of the molecule is CCNc1cc(C(=O)Nc2cc(C#N)ccc2C)ccn1. The van der Waals surface area contributed by atoms with Gasteiger partial charge in [0.2, 0.25) is 0 Å². The number of aromatic nitrogens is 1. The van der Waals surface area contributed by atoms with Gasteiger partial charge in [-0.05, 0) is 43.7 Å². The Hall–Kier alpha value is -2.87. The molecule has 0 atom stereocenters. The molecule has 1 amide bonds. The van der Waals surface area contributed by atoms with E-state index in [1.165, 1.54) is 0 Å². The van der Waals surface area contributed by atoms with Gasteiger partial charge < -0.3 is 10.6 Å². The van der Waals surface area contributed by atoms with E-state index in [0.29, 0.717) is 22.6 Å². The van der Waals surface area contributed by atoms with Crippen LogP contribution in [0.2, 0.25) is 0 Å². The van der Waals surface area contributed by atoms with Crippen molar-refractivity contribution >= 4 is 17.4 Å². The number of amides is 1. The number of hydrogen-bond acceptors (Lipinski definition) is 4. The van der Waals surface area contributed by atoms with Gasteiger partial charge in [-0.1, -0.05) is 6.07 Å². The van der Waals surface area contributed by atoms with Crippen molar-refractivity contribution in [1.29, 1.82) is 5.26 Å². The Morgan fingerprint density at radius 1 is 1.33 bits per heavy atom. The number of nitrogens with one attached hydrogen (secondary N) is 2. The van der Waals surface area contributed by atoms with Crippen molar-refractivity contribution in [2.45, 2.75) is 13.8 Å². The van der Waals surface area contributed by atoms with E-state index < -0.39 is 0 Å². The summed E-state index contributed by atoms with van der Waals surface area (Å²) in [5.74, 6) is 0.433. The van der Waals surface area contributed by atoms with Gasteiger partial charge >= 0.3 is 0 Å². The first-order chi connectivity index (χ1) is 10.1. The molecule has 0 saturated carbocycles. The molecule has 0 aliphatic rings. The van der Waals surface area contributed by atoms with Crippen LogP contribution in [0.25, 0.3) is 0 Å². The number of rotatable bonds is 4. The van der Waals surface area contributed by atoms with Gasteiger partial charge in [-0.3, -0.25) is 4.79 Å². The van der Waals surface area contributed by atoms with Crippen molar-refractivity contribution in [3.8, 4) is 6.07 Å². The van der Waals surface area contributed by atoms with Crippen LogP contribution in [0.1, 0.15) is 28.4 Å². The number of aryl methyl sites for hydroxylation is 1. The minimum atomic E-state index is -0.227. The number of nitrogens with zero attached hydrogens (tertiary/aromatic N) is 2. The Balaban J connectivity index is 2.22. The second-order valence-corrected chi connectivity index (χ2v) is 4.56. The molecule has 0 fully saturated rings. The van der Waals surface area contributed by atoms with Gasteiger partial charge in [-0.15, -0.1) is 0 Å². The van der Waals surface area contributed by atoms with Gasteiger partial charge in [0.15, 0.2) is 0 Å². The zero-order valence-corrected chi connectivity index (χ0v) is 12.0. The fourth-order valence-electron chi connectivity index (χ4n) is 1.87. The van der Waals surface area contributed by atoms with E-state index in [9.17, 15) is 4.79 Å². The number of anilines is 2. The highest BCUT2D eigenvalue weighted by molar-refractivity contribution is 6.05. The topological polar surface area (TPSA) is 77.8 Å². The maximum Gasteiger partial charge on any atom is 0.255 e. The van der Waals surface area contributed by atoms with Crippen molar-refractivity contribution < 1.29 is 4.79 Å². The summed E-state index contributed by atoms with van der Waals surface area (Å²) in [6.07, 6.45) is 1.59. The molecule has 0 unspecified atom stereocenters. The van der Waals surface area contributed by atoms with Gasteiger partial charge in [-0.2, -0.15) is 5.26 Å². The molecule has 5 nitrogen and oxygen atoms in total. The molecule has 2 rings (SSSR count). The standard InChI is InChI=1S/C16H16N4O/c1-3-18-15-9-13(6-7-19-15)16(21)20-14-8-12(10-17)5-4-11(14)2/h4-9H,3H2,1-2H3,(H,18,19)(H,20,21). The molecular weight excluding hydrogens is 264 g/mol. The van der Waals surface area contributed by atoms with Crippen LogP contribution in [0.3, 0.4) is 0 Å². The van der Waals surface area contributed by atoms with E-state index in [1.807, 2.05) is 19.9 Å². The van der Waals surface area contributed by atoms with E-state index in [4.69, 9.17) is 5.26 Å². The Bertz CT molecular complexity index is 704. The van der Waals surface area contributed by atoms with Crippen LogP contribution < -0.4 is 10.6 Å². The molecule has 1 heterocycles. The largest absolute Gasteiger partial charge is 0.370 e. The number of carbonyl (C=O) groups is 1. The average Bonchev–Trinajstić information content (AvgIpc) is 2.50. The van der Waals surface area contributed by atoms with Crippen molar-refractivity contribution in [3.05, 3.63) is 53.2 Å². The molecule has 1 aromatic carbocycles. The zero-order valence-electron chi connectivity index (χ0n) is 12.0. The fourth-order valence-corrected chi connectivity index (χ4v) is 1.87. The number of nitriles is 1. The number of hydrogen-bond donors (Lipinski definition) is 2. The molecule has 106 valence electrons. The molecule has 0 radical (unpaired) electrons. The van der Waals surface area contributed by atoms with E-state index in [1.54, 1.807) is 30.5 Å². The molecular formula is C16H16N4O. The lowest BCUT2D eigenvalue weighted by Crippen LogP contribution is -2.13.